The molecule has 3 rings (SSSR count). The molecule has 1 saturated carbocycles. The Kier molecular flexibility index (Phi) is 2.18. The monoisotopic (exact) mass is 229 g/mol. The van der Waals surface area contributed by atoms with Crippen LogP contribution in [0.2, 0.25) is 0 Å². The minimum absolute atomic E-state index is 0.153. The summed E-state index contributed by atoms with van der Waals surface area (Å²) < 4.78 is 1.67. The number of phenols is 1. The highest BCUT2D eigenvalue weighted by Gasteiger charge is 2.29. The smallest absolute Gasteiger partial charge is 0.170 e. The molecule has 1 aromatic heterocycles. The summed E-state index contributed by atoms with van der Waals surface area (Å²) in [7, 11) is 0. The van der Waals surface area contributed by atoms with Crippen molar-refractivity contribution in [2.75, 3.05) is 0 Å². The van der Waals surface area contributed by atoms with Gasteiger partial charge < -0.3 is 5.11 Å². The molecule has 1 N–H and O–H groups in total. The maximum absolute atomic E-state index is 11.1. The van der Waals surface area contributed by atoms with E-state index in [2.05, 4.69) is 10.3 Å². The molecule has 0 radical (unpaired) electrons. The van der Waals surface area contributed by atoms with Gasteiger partial charge in [-0.3, -0.25) is 4.79 Å². The molecule has 0 atom stereocenters. The SMILES string of the molecule is O=Cc1c(-c2cccc(O)c2)nnn1C1CC1. The van der Waals surface area contributed by atoms with E-state index in [1.54, 1.807) is 28.9 Å². The summed E-state index contributed by atoms with van der Waals surface area (Å²) in [5.41, 5.74) is 1.72. The molecule has 1 aliphatic rings. The summed E-state index contributed by atoms with van der Waals surface area (Å²) in [6.45, 7) is 0. The Morgan fingerprint density at radius 2 is 2.24 bits per heavy atom. The number of benzene rings is 1. The van der Waals surface area contributed by atoms with Crippen molar-refractivity contribution in [3.63, 3.8) is 0 Å². The lowest BCUT2D eigenvalue weighted by atomic mass is 10.1. The van der Waals surface area contributed by atoms with Crippen LogP contribution in [0.1, 0.15) is 29.4 Å². The van der Waals surface area contributed by atoms with Crippen LogP contribution in [-0.2, 0) is 0 Å². The van der Waals surface area contributed by atoms with E-state index in [1.165, 1.54) is 0 Å². The first-order chi connectivity index (χ1) is 8.29. The predicted molar refractivity (Wildman–Crippen MR) is 60.8 cm³/mol. The number of hydrogen-bond donors (Lipinski definition) is 1. The molecule has 0 amide bonds. The standard InChI is InChI=1S/C12H11N3O2/c16-7-11-12(8-2-1-3-10(17)6-8)13-14-15(11)9-4-5-9/h1-3,6-7,9,17H,4-5H2. The van der Waals surface area contributed by atoms with E-state index in [0.717, 1.165) is 19.1 Å². The average Bonchev–Trinajstić information content (AvgIpc) is 3.08. The summed E-state index contributed by atoms with van der Waals surface area (Å²) in [6.07, 6.45) is 2.87. The summed E-state index contributed by atoms with van der Waals surface area (Å²) in [6, 6.07) is 6.99. The Labute approximate surface area is 97.7 Å². The summed E-state index contributed by atoms with van der Waals surface area (Å²) in [4.78, 5) is 11.1. The van der Waals surface area contributed by atoms with Crippen molar-refractivity contribution in [2.24, 2.45) is 0 Å². The zero-order chi connectivity index (χ0) is 11.8. The van der Waals surface area contributed by atoms with Gasteiger partial charge in [0.1, 0.15) is 17.1 Å². The third-order valence-electron chi connectivity index (χ3n) is 2.85. The van der Waals surface area contributed by atoms with Crippen molar-refractivity contribution >= 4 is 6.29 Å². The van der Waals surface area contributed by atoms with Crippen LogP contribution >= 0.6 is 0 Å². The van der Waals surface area contributed by atoms with Crippen LogP contribution in [0.5, 0.6) is 5.75 Å². The second kappa shape index (κ2) is 3.69. The lowest BCUT2D eigenvalue weighted by Crippen LogP contribution is -2.01. The second-order valence-electron chi connectivity index (χ2n) is 4.17. The second-order valence-corrected chi connectivity index (χ2v) is 4.17. The zero-order valence-corrected chi connectivity index (χ0v) is 9.08. The fourth-order valence-corrected chi connectivity index (χ4v) is 1.86. The van der Waals surface area contributed by atoms with Gasteiger partial charge in [0.05, 0.1) is 6.04 Å². The summed E-state index contributed by atoms with van der Waals surface area (Å²) >= 11 is 0. The first-order valence-corrected chi connectivity index (χ1v) is 5.49. The molecular weight excluding hydrogens is 218 g/mol. The minimum atomic E-state index is 0.153. The highest BCUT2D eigenvalue weighted by molar-refractivity contribution is 5.83. The highest BCUT2D eigenvalue weighted by atomic mass is 16.3. The first kappa shape index (κ1) is 10.0. The Morgan fingerprint density at radius 3 is 2.88 bits per heavy atom. The Hall–Kier alpha value is -2.17. The number of carbonyl (C=O) groups is 1. The molecule has 0 bridgehead atoms. The average molecular weight is 229 g/mol. The van der Waals surface area contributed by atoms with Crippen molar-refractivity contribution in [2.45, 2.75) is 18.9 Å². The van der Waals surface area contributed by atoms with E-state index in [-0.39, 0.29) is 5.75 Å². The van der Waals surface area contributed by atoms with E-state index in [9.17, 15) is 9.90 Å². The van der Waals surface area contributed by atoms with Crippen LogP contribution in [0.3, 0.4) is 0 Å². The quantitative estimate of drug-likeness (QED) is 0.815. The molecular formula is C12H11N3O2. The van der Waals surface area contributed by atoms with Gasteiger partial charge in [-0.05, 0) is 25.0 Å². The van der Waals surface area contributed by atoms with E-state index >= 15 is 0 Å². The van der Waals surface area contributed by atoms with E-state index in [4.69, 9.17) is 0 Å². The van der Waals surface area contributed by atoms with Crippen LogP contribution in [0.25, 0.3) is 11.3 Å². The molecule has 5 nitrogen and oxygen atoms in total. The number of hydrogen-bond acceptors (Lipinski definition) is 4. The molecule has 0 spiro atoms. The zero-order valence-electron chi connectivity index (χ0n) is 9.08. The summed E-state index contributed by atoms with van der Waals surface area (Å²) in [5, 5.41) is 17.5. The fourth-order valence-electron chi connectivity index (χ4n) is 1.86. The molecule has 1 aliphatic carbocycles. The molecule has 0 aliphatic heterocycles. The van der Waals surface area contributed by atoms with Crippen molar-refractivity contribution in [1.82, 2.24) is 15.0 Å². The summed E-state index contributed by atoms with van der Waals surface area (Å²) in [5.74, 6) is 0.153. The van der Waals surface area contributed by atoms with E-state index < -0.39 is 0 Å². The largest absolute Gasteiger partial charge is 0.508 e. The van der Waals surface area contributed by atoms with Gasteiger partial charge in [0.25, 0.3) is 0 Å². The number of aromatic hydroxyl groups is 1. The number of phenolic OH excluding ortho intramolecular Hbond substituents is 1. The topological polar surface area (TPSA) is 68.0 Å². The number of aldehydes is 1. The van der Waals surface area contributed by atoms with E-state index in [1.807, 2.05) is 0 Å². The molecule has 86 valence electrons. The van der Waals surface area contributed by atoms with Crippen LogP contribution in [0.4, 0.5) is 0 Å². The van der Waals surface area contributed by atoms with Gasteiger partial charge in [0.15, 0.2) is 6.29 Å². The number of aromatic nitrogens is 3. The van der Waals surface area contributed by atoms with Crippen LogP contribution in [-0.4, -0.2) is 26.4 Å². The Balaban J connectivity index is 2.11. The van der Waals surface area contributed by atoms with Gasteiger partial charge >= 0.3 is 0 Å². The first-order valence-electron chi connectivity index (χ1n) is 5.49. The number of nitrogens with zero attached hydrogens (tertiary/aromatic N) is 3. The van der Waals surface area contributed by atoms with Crippen LogP contribution in [0.15, 0.2) is 24.3 Å². The van der Waals surface area contributed by atoms with Gasteiger partial charge in [-0.1, -0.05) is 17.3 Å². The Bertz CT molecular complexity index is 573. The van der Waals surface area contributed by atoms with Crippen molar-refractivity contribution < 1.29 is 9.90 Å². The van der Waals surface area contributed by atoms with Crippen molar-refractivity contribution in [3.05, 3.63) is 30.0 Å². The molecule has 2 aromatic rings. The van der Waals surface area contributed by atoms with Gasteiger partial charge in [-0.15, -0.1) is 5.10 Å². The Morgan fingerprint density at radius 1 is 1.41 bits per heavy atom. The molecule has 0 saturated heterocycles. The maximum Gasteiger partial charge on any atom is 0.170 e. The van der Waals surface area contributed by atoms with E-state index in [0.29, 0.717) is 23.0 Å². The molecule has 1 fully saturated rings. The van der Waals surface area contributed by atoms with Crippen LogP contribution in [0, 0.1) is 0 Å². The van der Waals surface area contributed by atoms with Crippen molar-refractivity contribution in [3.8, 4) is 17.0 Å². The fraction of sp³-hybridized carbons (Fsp3) is 0.250. The maximum atomic E-state index is 11.1. The lowest BCUT2D eigenvalue weighted by Gasteiger charge is -2.00. The normalized spacial score (nSPS) is 14.8. The van der Waals surface area contributed by atoms with Gasteiger partial charge in [-0.25, -0.2) is 4.68 Å². The molecule has 1 heterocycles. The van der Waals surface area contributed by atoms with Gasteiger partial charge in [-0.2, -0.15) is 0 Å². The number of rotatable bonds is 3. The molecule has 17 heavy (non-hydrogen) atoms. The third kappa shape index (κ3) is 1.69. The third-order valence-corrected chi connectivity index (χ3v) is 2.85. The highest BCUT2D eigenvalue weighted by Crippen LogP contribution is 2.36. The van der Waals surface area contributed by atoms with Crippen molar-refractivity contribution in [1.29, 1.82) is 0 Å². The molecule has 0 unspecified atom stereocenters. The molecule has 5 heteroatoms. The van der Waals surface area contributed by atoms with Crippen LogP contribution < -0.4 is 0 Å². The minimum Gasteiger partial charge on any atom is -0.508 e. The lowest BCUT2D eigenvalue weighted by molar-refractivity contribution is 0.111. The predicted octanol–water partition coefficient (Wildman–Crippen LogP) is 1.80. The molecule has 1 aromatic carbocycles. The van der Waals surface area contributed by atoms with Gasteiger partial charge in [0.2, 0.25) is 0 Å². The number of carbonyl (C=O) groups excluding carboxylic acids is 1. The van der Waals surface area contributed by atoms with Gasteiger partial charge in [0, 0.05) is 5.56 Å².